The third-order valence-corrected chi connectivity index (χ3v) is 2.63. The highest BCUT2D eigenvalue weighted by molar-refractivity contribution is 5.80. The molecule has 0 aliphatic rings. The summed E-state index contributed by atoms with van der Waals surface area (Å²) in [4.78, 5) is 13.9. The van der Waals surface area contributed by atoms with Gasteiger partial charge in [-0.05, 0) is 13.1 Å². The highest BCUT2D eigenvalue weighted by Gasteiger charge is 2.08. The number of Topliss-reactive ketones (excluding diaryl/α,β-unsaturated/α-hetero) is 1. The number of hydrogen-bond acceptors (Lipinski definition) is 4. The van der Waals surface area contributed by atoms with Crippen molar-refractivity contribution < 1.29 is 4.79 Å². The van der Waals surface area contributed by atoms with Crippen molar-refractivity contribution in [2.24, 2.45) is 7.05 Å². The van der Waals surface area contributed by atoms with Crippen LogP contribution < -0.4 is 0 Å². The molecule has 0 saturated carbocycles. The standard InChI is InChI=1S/C11H20N4O/c1-4-15(5-2)7-6-11(16)8-10-9-14(3)13-12-10/h9H,4-8H2,1-3H3. The Morgan fingerprint density at radius 2 is 2.12 bits per heavy atom. The maximum Gasteiger partial charge on any atom is 0.140 e. The molecule has 16 heavy (non-hydrogen) atoms. The Hall–Kier alpha value is -1.23. The van der Waals surface area contributed by atoms with Gasteiger partial charge >= 0.3 is 0 Å². The molecule has 5 nitrogen and oxygen atoms in total. The Kier molecular flexibility index (Phi) is 5.11. The Balaban J connectivity index is 2.31. The number of nitrogens with zero attached hydrogens (tertiary/aromatic N) is 4. The smallest absolute Gasteiger partial charge is 0.140 e. The van der Waals surface area contributed by atoms with Crippen LogP contribution in [0, 0.1) is 0 Å². The Bertz CT molecular complexity index is 330. The molecular weight excluding hydrogens is 204 g/mol. The Labute approximate surface area is 96.4 Å². The predicted octanol–water partition coefficient (Wildman–Crippen LogP) is 0.659. The van der Waals surface area contributed by atoms with Crippen LogP contribution in [-0.2, 0) is 18.3 Å². The van der Waals surface area contributed by atoms with Crippen molar-refractivity contribution >= 4 is 5.78 Å². The predicted molar refractivity (Wildman–Crippen MR) is 62.1 cm³/mol. The largest absolute Gasteiger partial charge is 0.303 e. The fourth-order valence-electron chi connectivity index (χ4n) is 1.59. The first-order chi connectivity index (χ1) is 7.65. The zero-order valence-corrected chi connectivity index (χ0v) is 10.3. The van der Waals surface area contributed by atoms with Crippen LogP contribution in [0.15, 0.2) is 6.20 Å². The maximum atomic E-state index is 11.7. The van der Waals surface area contributed by atoms with Crippen LogP contribution in [0.4, 0.5) is 0 Å². The molecule has 1 rings (SSSR count). The average Bonchev–Trinajstić information content (AvgIpc) is 2.65. The van der Waals surface area contributed by atoms with E-state index in [-0.39, 0.29) is 5.78 Å². The molecule has 0 radical (unpaired) electrons. The number of carbonyl (C=O) groups excluding carboxylic acids is 1. The number of aromatic nitrogens is 3. The lowest BCUT2D eigenvalue weighted by Gasteiger charge is -2.16. The Morgan fingerprint density at radius 1 is 1.44 bits per heavy atom. The molecule has 0 N–H and O–H groups in total. The molecule has 0 unspecified atom stereocenters. The van der Waals surface area contributed by atoms with Crippen molar-refractivity contribution in [3.63, 3.8) is 0 Å². The van der Waals surface area contributed by atoms with Gasteiger partial charge in [0.15, 0.2) is 0 Å². The molecule has 5 heteroatoms. The third kappa shape index (κ3) is 4.10. The number of hydrogen-bond donors (Lipinski definition) is 0. The topological polar surface area (TPSA) is 51.0 Å². The van der Waals surface area contributed by atoms with Crippen molar-refractivity contribution in [3.8, 4) is 0 Å². The van der Waals surface area contributed by atoms with Crippen molar-refractivity contribution in [3.05, 3.63) is 11.9 Å². The summed E-state index contributed by atoms with van der Waals surface area (Å²) in [5.74, 6) is 0.229. The number of ketones is 1. The van der Waals surface area contributed by atoms with Gasteiger partial charge in [-0.2, -0.15) is 0 Å². The summed E-state index contributed by atoms with van der Waals surface area (Å²) in [7, 11) is 1.80. The lowest BCUT2D eigenvalue weighted by atomic mass is 10.1. The van der Waals surface area contributed by atoms with E-state index < -0.39 is 0 Å². The molecule has 0 spiro atoms. The quantitative estimate of drug-likeness (QED) is 0.682. The van der Waals surface area contributed by atoms with E-state index in [2.05, 4.69) is 29.1 Å². The van der Waals surface area contributed by atoms with E-state index in [4.69, 9.17) is 0 Å². The first-order valence-corrected chi connectivity index (χ1v) is 5.75. The van der Waals surface area contributed by atoms with Gasteiger partial charge in [0.25, 0.3) is 0 Å². The first kappa shape index (κ1) is 12.8. The number of aryl methyl sites for hydroxylation is 1. The lowest BCUT2D eigenvalue weighted by Crippen LogP contribution is -2.26. The van der Waals surface area contributed by atoms with E-state index in [1.165, 1.54) is 0 Å². The molecule has 0 aliphatic heterocycles. The summed E-state index contributed by atoms with van der Waals surface area (Å²) in [6, 6.07) is 0. The van der Waals surface area contributed by atoms with E-state index in [0.29, 0.717) is 12.8 Å². The van der Waals surface area contributed by atoms with Gasteiger partial charge in [-0.25, -0.2) is 0 Å². The first-order valence-electron chi connectivity index (χ1n) is 5.75. The average molecular weight is 224 g/mol. The lowest BCUT2D eigenvalue weighted by molar-refractivity contribution is -0.118. The van der Waals surface area contributed by atoms with Gasteiger partial charge in [0, 0.05) is 26.2 Å². The second-order valence-electron chi connectivity index (χ2n) is 3.88. The molecular formula is C11H20N4O. The molecule has 0 aliphatic carbocycles. The SMILES string of the molecule is CCN(CC)CCC(=O)Cc1cn(C)nn1. The van der Waals surface area contributed by atoms with Crippen molar-refractivity contribution in [1.82, 2.24) is 19.9 Å². The van der Waals surface area contributed by atoms with Crippen LogP contribution in [0.25, 0.3) is 0 Å². The monoisotopic (exact) mass is 224 g/mol. The molecule has 1 aromatic heterocycles. The van der Waals surface area contributed by atoms with Crippen molar-refractivity contribution in [2.75, 3.05) is 19.6 Å². The minimum Gasteiger partial charge on any atom is -0.303 e. The van der Waals surface area contributed by atoms with Gasteiger partial charge < -0.3 is 4.90 Å². The van der Waals surface area contributed by atoms with E-state index in [1.54, 1.807) is 17.9 Å². The van der Waals surface area contributed by atoms with Crippen LogP contribution in [0.3, 0.4) is 0 Å². The van der Waals surface area contributed by atoms with E-state index >= 15 is 0 Å². The Morgan fingerprint density at radius 3 is 2.62 bits per heavy atom. The van der Waals surface area contributed by atoms with Crippen LogP contribution in [0.2, 0.25) is 0 Å². The molecule has 1 aromatic rings. The minimum atomic E-state index is 0.229. The molecule has 1 heterocycles. The van der Waals surface area contributed by atoms with Crippen LogP contribution >= 0.6 is 0 Å². The van der Waals surface area contributed by atoms with E-state index in [1.807, 2.05) is 0 Å². The van der Waals surface area contributed by atoms with Gasteiger partial charge in [0.1, 0.15) is 5.78 Å². The molecule has 0 fully saturated rings. The molecule has 0 bridgehead atoms. The van der Waals surface area contributed by atoms with Crippen molar-refractivity contribution in [2.45, 2.75) is 26.7 Å². The van der Waals surface area contributed by atoms with E-state index in [0.717, 1.165) is 25.3 Å². The third-order valence-electron chi connectivity index (χ3n) is 2.63. The van der Waals surface area contributed by atoms with Gasteiger partial charge in [-0.1, -0.05) is 19.1 Å². The van der Waals surface area contributed by atoms with Gasteiger partial charge in [0.2, 0.25) is 0 Å². The summed E-state index contributed by atoms with van der Waals surface area (Å²) in [5, 5.41) is 7.70. The molecule has 0 atom stereocenters. The molecule has 0 aromatic carbocycles. The van der Waals surface area contributed by atoms with Crippen molar-refractivity contribution in [1.29, 1.82) is 0 Å². The van der Waals surface area contributed by atoms with Crippen LogP contribution in [0.5, 0.6) is 0 Å². The number of rotatable bonds is 7. The molecule has 90 valence electrons. The minimum absolute atomic E-state index is 0.229. The van der Waals surface area contributed by atoms with Gasteiger partial charge in [-0.15, -0.1) is 5.10 Å². The zero-order valence-electron chi connectivity index (χ0n) is 10.3. The summed E-state index contributed by atoms with van der Waals surface area (Å²) >= 11 is 0. The normalized spacial score (nSPS) is 11.0. The van der Waals surface area contributed by atoms with Gasteiger partial charge in [0.05, 0.1) is 12.1 Å². The second-order valence-corrected chi connectivity index (χ2v) is 3.88. The van der Waals surface area contributed by atoms with Crippen LogP contribution in [0.1, 0.15) is 26.0 Å². The fraction of sp³-hybridized carbons (Fsp3) is 0.727. The fourth-order valence-corrected chi connectivity index (χ4v) is 1.59. The highest BCUT2D eigenvalue weighted by Crippen LogP contribution is 1.99. The number of carbonyl (C=O) groups is 1. The van der Waals surface area contributed by atoms with E-state index in [9.17, 15) is 4.79 Å². The molecule has 0 saturated heterocycles. The maximum absolute atomic E-state index is 11.7. The molecule has 0 amide bonds. The van der Waals surface area contributed by atoms with Gasteiger partial charge in [-0.3, -0.25) is 9.48 Å². The highest BCUT2D eigenvalue weighted by atomic mass is 16.1. The summed E-state index contributed by atoms with van der Waals surface area (Å²) in [6.07, 6.45) is 2.78. The zero-order chi connectivity index (χ0) is 12.0. The summed E-state index contributed by atoms with van der Waals surface area (Å²) in [6.45, 7) is 7.04. The second kappa shape index (κ2) is 6.37. The summed E-state index contributed by atoms with van der Waals surface area (Å²) < 4.78 is 1.62. The summed E-state index contributed by atoms with van der Waals surface area (Å²) in [5.41, 5.74) is 0.757. The van der Waals surface area contributed by atoms with Crippen LogP contribution in [-0.4, -0.2) is 45.3 Å².